The van der Waals surface area contributed by atoms with E-state index in [9.17, 15) is 9.59 Å². The maximum atomic E-state index is 12.9. The molecule has 1 atom stereocenters. The van der Waals surface area contributed by atoms with Gasteiger partial charge in [0.05, 0.1) is 17.9 Å². The SMILES string of the molecule is CCC(=O)N1CC(Cc2cncc(N3C(=O)c4ccc(Cl)cc4C3C)c2)C1. The molecular weight excluding hydrogens is 362 g/mol. The molecule has 0 aliphatic carbocycles. The van der Waals surface area contributed by atoms with Gasteiger partial charge in [0.1, 0.15) is 0 Å². The summed E-state index contributed by atoms with van der Waals surface area (Å²) >= 11 is 6.11. The summed E-state index contributed by atoms with van der Waals surface area (Å²) in [6.45, 7) is 5.51. The summed E-state index contributed by atoms with van der Waals surface area (Å²) in [5.74, 6) is 0.655. The van der Waals surface area contributed by atoms with Crippen molar-refractivity contribution in [2.24, 2.45) is 5.92 Å². The molecule has 2 aliphatic heterocycles. The normalized spacial score (nSPS) is 19.2. The van der Waals surface area contributed by atoms with Crippen LogP contribution in [0.2, 0.25) is 5.02 Å². The molecule has 1 fully saturated rings. The lowest BCUT2D eigenvalue weighted by molar-refractivity contribution is -0.137. The second-order valence-corrected chi connectivity index (χ2v) is 7.79. The molecule has 1 aromatic carbocycles. The Bertz CT molecular complexity index is 908. The highest BCUT2D eigenvalue weighted by Crippen LogP contribution is 2.38. The quantitative estimate of drug-likeness (QED) is 0.805. The van der Waals surface area contributed by atoms with Crippen LogP contribution in [-0.2, 0) is 11.2 Å². The number of amides is 2. The third kappa shape index (κ3) is 3.21. The number of hydrogen-bond donors (Lipinski definition) is 0. The summed E-state index contributed by atoms with van der Waals surface area (Å²) < 4.78 is 0. The number of hydrogen-bond acceptors (Lipinski definition) is 3. The van der Waals surface area contributed by atoms with Gasteiger partial charge in [0.2, 0.25) is 5.91 Å². The summed E-state index contributed by atoms with van der Waals surface area (Å²) in [5, 5.41) is 0.637. The number of rotatable bonds is 4. The van der Waals surface area contributed by atoms with Crippen LogP contribution in [0.4, 0.5) is 5.69 Å². The molecule has 27 heavy (non-hydrogen) atoms. The van der Waals surface area contributed by atoms with Gasteiger partial charge in [0.15, 0.2) is 0 Å². The van der Waals surface area contributed by atoms with E-state index in [4.69, 9.17) is 11.6 Å². The van der Waals surface area contributed by atoms with Crippen LogP contribution in [0, 0.1) is 5.92 Å². The van der Waals surface area contributed by atoms with Crippen molar-refractivity contribution in [1.29, 1.82) is 0 Å². The molecule has 4 rings (SSSR count). The Morgan fingerprint density at radius 3 is 2.78 bits per heavy atom. The number of benzene rings is 1. The van der Waals surface area contributed by atoms with E-state index in [0.29, 0.717) is 22.9 Å². The number of halogens is 1. The number of fused-ring (bicyclic) bond motifs is 1. The number of likely N-dealkylation sites (tertiary alicyclic amines) is 1. The van der Waals surface area contributed by atoms with Gasteiger partial charge < -0.3 is 4.90 Å². The minimum atomic E-state index is -0.0791. The Morgan fingerprint density at radius 1 is 1.26 bits per heavy atom. The topological polar surface area (TPSA) is 53.5 Å². The lowest BCUT2D eigenvalue weighted by Gasteiger charge is -2.39. The zero-order valence-corrected chi connectivity index (χ0v) is 16.2. The smallest absolute Gasteiger partial charge is 0.259 e. The molecule has 0 N–H and O–H groups in total. The van der Waals surface area contributed by atoms with Crippen molar-refractivity contribution in [3.05, 3.63) is 58.4 Å². The van der Waals surface area contributed by atoms with Crippen molar-refractivity contribution in [2.45, 2.75) is 32.7 Å². The molecule has 1 aromatic heterocycles. The van der Waals surface area contributed by atoms with E-state index >= 15 is 0 Å². The fraction of sp³-hybridized carbons (Fsp3) is 0.381. The predicted octanol–water partition coefficient (Wildman–Crippen LogP) is 3.87. The van der Waals surface area contributed by atoms with Crippen molar-refractivity contribution in [3.8, 4) is 0 Å². The van der Waals surface area contributed by atoms with Gasteiger partial charge in [-0.1, -0.05) is 18.5 Å². The third-order valence-corrected chi connectivity index (χ3v) is 5.73. The molecule has 0 saturated carbocycles. The third-order valence-electron chi connectivity index (χ3n) is 5.50. The van der Waals surface area contributed by atoms with Crippen LogP contribution in [0.15, 0.2) is 36.7 Å². The van der Waals surface area contributed by atoms with Crippen LogP contribution in [0.5, 0.6) is 0 Å². The fourth-order valence-corrected chi connectivity index (χ4v) is 4.22. The van der Waals surface area contributed by atoms with Gasteiger partial charge >= 0.3 is 0 Å². The Labute approximate surface area is 163 Å². The molecule has 2 amide bonds. The maximum absolute atomic E-state index is 12.9. The van der Waals surface area contributed by atoms with Crippen molar-refractivity contribution in [3.63, 3.8) is 0 Å². The number of carbonyl (C=O) groups excluding carboxylic acids is 2. The molecule has 6 heteroatoms. The highest BCUT2D eigenvalue weighted by atomic mass is 35.5. The summed E-state index contributed by atoms with van der Waals surface area (Å²) in [6.07, 6.45) is 5.01. The summed E-state index contributed by atoms with van der Waals surface area (Å²) in [7, 11) is 0. The highest BCUT2D eigenvalue weighted by molar-refractivity contribution is 6.31. The Hall–Kier alpha value is -2.40. The van der Waals surface area contributed by atoms with E-state index in [0.717, 1.165) is 36.3 Å². The van der Waals surface area contributed by atoms with Crippen molar-refractivity contribution in [2.75, 3.05) is 18.0 Å². The van der Waals surface area contributed by atoms with Gasteiger partial charge in [-0.3, -0.25) is 19.5 Å². The van der Waals surface area contributed by atoms with Gasteiger partial charge in [-0.25, -0.2) is 0 Å². The Kier molecular flexibility index (Phi) is 4.64. The molecule has 1 unspecified atom stereocenters. The number of carbonyl (C=O) groups is 2. The highest BCUT2D eigenvalue weighted by Gasteiger charge is 2.35. The van der Waals surface area contributed by atoms with Crippen molar-refractivity contribution < 1.29 is 9.59 Å². The van der Waals surface area contributed by atoms with Gasteiger partial charge in [-0.05, 0) is 54.7 Å². The first kappa shape index (κ1) is 18.0. The van der Waals surface area contributed by atoms with E-state index in [2.05, 4.69) is 4.98 Å². The minimum absolute atomic E-state index is 0.0171. The standard InChI is InChI=1S/C21H22ClN3O2/c1-3-20(26)24-11-15(12-24)6-14-7-17(10-23-9-14)25-13(2)19-8-16(22)4-5-18(19)21(25)27/h4-5,7-10,13,15H,3,6,11-12H2,1-2H3. The Balaban J connectivity index is 1.50. The van der Waals surface area contributed by atoms with Crippen LogP contribution in [0.25, 0.3) is 0 Å². The fourth-order valence-electron chi connectivity index (χ4n) is 4.04. The summed E-state index contributed by atoms with van der Waals surface area (Å²) in [6, 6.07) is 7.37. The van der Waals surface area contributed by atoms with E-state index in [1.54, 1.807) is 23.2 Å². The van der Waals surface area contributed by atoms with E-state index < -0.39 is 0 Å². The van der Waals surface area contributed by atoms with Crippen LogP contribution in [0.3, 0.4) is 0 Å². The molecule has 2 aliphatic rings. The summed E-state index contributed by atoms with van der Waals surface area (Å²) in [4.78, 5) is 32.6. The molecule has 5 nitrogen and oxygen atoms in total. The first-order valence-electron chi connectivity index (χ1n) is 9.32. The van der Waals surface area contributed by atoms with E-state index in [-0.39, 0.29) is 17.9 Å². The molecule has 0 spiro atoms. The first-order valence-corrected chi connectivity index (χ1v) is 9.70. The lowest BCUT2D eigenvalue weighted by atomic mass is 9.92. The number of aromatic nitrogens is 1. The monoisotopic (exact) mass is 383 g/mol. The van der Waals surface area contributed by atoms with Gasteiger partial charge in [-0.2, -0.15) is 0 Å². The molecular formula is C21H22ClN3O2. The largest absolute Gasteiger partial charge is 0.342 e. The predicted molar refractivity (Wildman–Crippen MR) is 105 cm³/mol. The van der Waals surface area contributed by atoms with Crippen LogP contribution >= 0.6 is 11.6 Å². The van der Waals surface area contributed by atoms with E-state index in [1.165, 1.54) is 0 Å². The molecule has 0 radical (unpaired) electrons. The summed E-state index contributed by atoms with van der Waals surface area (Å²) in [5.41, 5.74) is 3.55. The molecule has 2 aromatic rings. The zero-order chi connectivity index (χ0) is 19.1. The molecule has 0 bridgehead atoms. The number of nitrogens with zero attached hydrogens (tertiary/aromatic N) is 3. The van der Waals surface area contributed by atoms with Gasteiger partial charge in [-0.15, -0.1) is 0 Å². The first-order chi connectivity index (χ1) is 13.0. The van der Waals surface area contributed by atoms with Gasteiger partial charge in [0.25, 0.3) is 5.91 Å². The number of anilines is 1. The van der Waals surface area contributed by atoms with Crippen molar-refractivity contribution >= 4 is 29.1 Å². The van der Waals surface area contributed by atoms with Crippen LogP contribution in [0.1, 0.15) is 47.8 Å². The number of pyridine rings is 1. The minimum Gasteiger partial charge on any atom is -0.342 e. The van der Waals surface area contributed by atoms with E-state index in [1.807, 2.05) is 37.1 Å². The average Bonchev–Trinajstić information content (AvgIpc) is 2.87. The average molecular weight is 384 g/mol. The second-order valence-electron chi connectivity index (χ2n) is 7.36. The molecule has 1 saturated heterocycles. The van der Waals surface area contributed by atoms with Gasteiger partial charge in [0, 0.05) is 36.3 Å². The Morgan fingerprint density at radius 2 is 2.04 bits per heavy atom. The molecule has 140 valence electrons. The lowest BCUT2D eigenvalue weighted by Crippen LogP contribution is -2.50. The zero-order valence-electron chi connectivity index (χ0n) is 15.5. The maximum Gasteiger partial charge on any atom is 0.259 e. The second kappa shape index (κ2) is 6.97. The molecule has 3 heterocycles. The van der Waals surface area contributed by atoms with Crippen LogP contribution in [-0.4, -0.2) is 34.8 Å². The van der Waals surface area contributed by atoms with Crippen LogP contribution < -0.4 is 4.90 Å². The van der Waals surface area contributed by atoms with Crippen molar-refractivity contribution in [1.82, 2.24) is 9.88 Å².